The van der Waals surface area contributed by atoms with Crippen LogP contribution in [0.2, 0.25) is 0 Å². The van der Waals surface area contributed by atoms with Gasteiger partial charge in [-0.2, -0.15) is 0 Å². The molecule has 1 aromatic rings. The van der Waals surface area contributed by atoms with Crippen molar-refractivity contribution in [2.45, 2.75) is 65.6 Å². The molecule has 1 rings (SSSR count). The Bertz CT molecular complexity index is 655. The van der Waals surface area contributed by atoms with Gasteiger partial charge in [0.15, 0.2) is 15.0 Å². The number of nitrogens with one attached hydrogen (secondary N) is 1. The van der Waals surface area contributed by atoms with Crippen molar-refractivity contribution < 1.29 is 13.2 Å². The molecule has 0 aliphatic carbocycles. The zero-order chi connectivity index (χ0) is 18.0. The number of aryl methyl sites for hydroxylation is 1. The summed E-state index contributed by atoms with van der Waals surface area (Å²) in [5.74, 6) is -0.745. The lowest BCUT2D eigenvalue weighted by Crippen LogP contribution is -2.40. The standard InChI is InChI=1S/C16H28N2O3S2/c1-8-9-23(20,21)12(10(2)3)14(19)18-15-17-11(4)13(22-15)16(5,6)7/h10,12H,8-9H2,1-7H3,(H,17,18,19). The molecule has 0 bridgehead atoms. The molecule has 5 nitrogen and oxygen atoms in total. The van der Waals surface area contributed by atoms with E-state index in [1.165, 1.54) is 11.3 Å². The van der Waals surface area contributed by atoms with Crippen molar-refractivity contribution in [1.29, 1.82) is 0 Å². The van der Waals surface area contributed by atoms with Gasteiger partial charge in [0.05, 0.1) is 11.4 Å². The normalized spacial score (nSPS) is 14.1. The molecule has 1 N–H and O–H groups in total. The number of nitrogens with zero attached hydrogens (tertiary/aromatic N) is 1. The van der Waals surface area contributed by atoms with Gasteiger partial charge in [0.2, 0.25) is 5.91 Å². The van der Waals surface area contributed by atoms with E-state index in [1.807, 2.05) is 6.92 Å². The van der Waals surface area contributed by atoms with E-state index in [1.54, 1.807) is 20.8 Å². The fraction of sp³-hybridized carbons (Fsp3) is 0.750. The fourth-order valence-corrected chi connectivity index (χ4v) is 5.68. The molecule has 0 saturated carbocycles. The highest BCUT2D eigenvalue weighted by Crippen LogP contribution is 2.33. The number of hydrogen-bond donors (Lipinski definition) is 1. The Kier molecular flexibility index (Phi) is 6.38. The van der Waals surface area contributed by atoms with Crippen LogP contribution in [0.25, 0.3) is 0 Å². The summed E-state index contributed by atoms with van der Waals surface area (Å²) in [7, 11) is -3.46. The lowest BCUT2D eigenvalue weighted by atomic mass is 9.94. The Labute approximate surface area is 143 Å². The highest BCUT2D eigenvalue weighted by molar-refractivity contribution is 7.92. The minimum atomic E-state index is -3.46. The zero-order valence-electron chi connectivity index (χ0n) is 15.1. The molecule has 0 radical (unpaired) electrons. The molecule has 1 aromatic heterocycles. The number of carbonyl (C=O) groups excluding carboxylic acids is 1. The third-order valence-electron chi connectivity index (χ3n) is 3.45. The van der Waals surface area contributed by atoms with Crippen molar-refractivity contribution >= 4 is 32.2 Å². The summed E-state index contributed by atoms with van der Waals surface area (Å²) in [4.78, 5) is 18.0. The SMILES string of the molecule is CCCS(=O)(=O)C(C(=O)Nc1nc(C)c(C(C)(C)C)s1)C(C)C. The van der Waals surface area contributed by atoms with Gasteiger partial charge < -0.3 is 5.32 Å². The highest BCUT2D eigenvalue weighted by atomic mass is 32.2. The van der Waals surface area contributed by atoms with Gasteiger partial charge in [0, 0.05) is 4.88 Å². The molecular weight excluding hydrogens is 332 g/mol. The predicted molar refractivity (Wildman–Crippen MR) is 96.9 cm³/mol. The van der Waals surface area contributed by atoms with Crippen molar-refractivity contribution in [3.63, 3.8) is 0 Å². The maximum atomic E-state index is 12.5. The smallest absolute Gasteiger partial charge is 0.244 e. The first-order chi connectivity index (χ1) is 10.4. The van der Waals surface area contributed by atoms with Crippen LogP contribution < -0.4 is 5.32 Å². The van der Waals surface area contributed by atoms with Crippen molar-refractivity contribution in [3.8, 4) is 0 Å². The highest BCUT2D eigenvalue weighted by Gasteiger charge is 2.35. The average molecular weight is 361 g/mol. The number of amides is 1. The second-order valence-corrected chi connectivity index (χ2v) is 10.4. The van der Waals surface area contributed by atoms with Gasteiger partial charge in [-0.1, -0.05) is 41.5 Å². The van der Waals surface area contributed by atoms with Gasteiger partial charge in [-0.25, -0.2) is 13.4 Å². The van der Waals surface area contributed by atoms with Crippen LogP contribution in [0.5, 0.6) is 0 Å². The topological polar surface area (TPSA) is 76.1 Å². The number of carbonyl (C=O) groups is 1. The molecule has 0 aliphatic rings. The van der Waals surface area contributed by atoms with Crippen LogP contribution in [0.3, 0.4) is 0 Å². The van der Waals surface area contributed by atoms with Gasteiger partial charge in [0.1, 0.15) is 5.25 Å². The third-order valence-corrected chi connectivity index (χ3v) is 7.46. The van der Waals surface area contributed by atoms with Gasteiger partial charge in [-0.15, -0.1) is 11.3 Å². The van der Waals surface area contributed by atoms with Crippen LogP contribution in [-0.2, 0) is 20.0 Å². The molecular formula is C16H28N2O3S2. The third kappa shape index (κ3) is 5.01. The van der Waals surface area contributed by atoms with Crippen molar-refractivity contribution in [1.82, 2.24) is 4.98 Å². The predicted octanol–water partition coefficient (Wildman–Crippen LogP) is 3.54. The monoisotopic (exact) mass is 360 g/mol. The van der Waals surface area contributed by atoms with E-state index in [-0.39, 0.29) is 17.1 Å². The lowest BCUT2D eigenvalue weighted by molar-refractivity contribution is -0.116. The van der Waals surface area contributed by atoms with Crippen molar-refractivity contribution in [3.05, 3.63) is 10.6 Å². The summed E-state index contributed by atoms with van der Waals surface area (Å²) >= 11 is 1.41. The lowest BCUT2D eigenvalue weighted by Gasteiger charge is -2.19. The van der Waals surface area contributed by atoms with E-state index < -0.39 is 21.0 Å². The number of sulfone groups is 1. The minimum absolute atomic E-state index is 0.0212. The first-order valence-electron chi connectivity index (χ1n) is 7.90. The number of hydrogen-bond acceptors (Lipinski definition) is 5. The molecule has 1 atom stereocenters. The summed E-state index contributed by atoms with van der Waals surface area (Å²) in [6.07, 6.45) is 0.503. The molecule has 23 heavy (non-hydrogen) atoms. The summed E-state index contributed by atoms with van der Waals surface area (Å²) in [6.45, 7) is 13.5. The van der Waals surface area contributed by atoms with Crippen LogP contribution in [0, 0.1) is 12.8 Å². The molecule has 1 heterocycles. The molecule has 7 heteroatoms. The maximum absolute atomic E-state index is 12.5. The van der Waals surface area contributed by atoms with Gasteiger partial charge in [0.25, 0.3) is 0 Å². The van der Waals surface area contributed by atoms with Gasteiger partial charge >= 0.3 is 0 Å². The second-order valence-electron chi connectivity index (χ2n) is 7.20. The Morgan fingerprint density at radius 1 is 1.30 bits per heavy atom. The summed E-state index contributed by atoms with van der Waals surface area (Å²) < 4.78 is 24.7. The Morgan fingerprint density at radius 2 is 1.87 bits per heavy atom. The van der Waals surface area contributed by atoms with E-state index in [0.717, 1.165) is 10.6 Å². The van der Waals surface area contributed by atoms with E-state index in [9.17, 15) is 13.2 Å². The Balaban J connectivity index is 3.06. The summed E-state index contributed by atoms with van der Waals surface area (Å²) in [6, 6.07) is 0. The second kappa shape index (κ2) is 7.30. The largest absolute Gasteiger partial charge is 0.301 e. The Hall–Kier alpha value is -0.950. The molecule has 0 spiro atoms. The molecule has 0 fully saturated rings. The summed E-state index contributed by atoms with van der Waals surface area (Å²) in [5, 5.41) is 2.14. The number of rotatable bonds is 6. The summed E-state index contributed by atoms with van der Waals surface area (Å²) in [5.41, 5.74) is 0.812. The van der Waals surface area contributed by atoms with Crippen LogP contribution in [0.15, 0.2) is 0 Å². The van der Waals surface area contributed by atoms with E-state index in [0.29, 0.717) is 11.6 Å². The molecule has 1 amide bonds. The van der Waals surface area contributed by atoms with Crippen molar-refractivity contribution in [2.75, 3.05) is 11.1 Å². The molecule has 0 aromatic carbocycles. The van der Waals surface area contributed by atoms with Crippen LogP contribution in [0.1, 0.15) is 58.5 Å². The molecule has 0 aliphatic heterocycles. The molecule has 1 unspecified atom stereocenters. The first-order valence-corrected chi connectivity index (χ1v) is 10.4. The zero-order valence-corrected chi connectivity index (χ0v) is 16.7. The van der Waals surface area contributed by atoms with Gasteiger partial charge in [-0.05, 0) is 24.7 Å². The Morgan fingerprint density at radius 3 is 2.26 bits per heavy atom. The van der Waals surface area contributed by atoms with E-state index >= 15 is 0 Å². The van der Waals surface area contributed by atoms with Gasteiger partial charge in [-0.3, -0.25) is 4.79 Å². The number of aromatic nitrogens is 1. The average Bonchev–Trinajstić information content (AvgIpc) is 2.68. The van der Waals surface area contributed by atoms with Crippen LogP contribution in [0.4, 0.5) is 5.13 Å². The van der Waals surface area contributed by atoms with Crippen LogP contribution in [-0.4, -0.2) is 30.3 Å². The molecule has 0 saturated heterocycles. The number of anilines is 1. The van der Waals surface area contributed by atoms with Crippen molar-refractivity contribution in [2.24, 2.45) is 5.92 Å². The minimum Gasteiger partial charge on any atom is -0.301 e. The quantitative estimate of drug-likeness (QED) is 0.842. The molecule has 132 valence electrons. The first kappa shape index (κ1) is 20.1. The maximum Gasteiger partial charge on any atom is 0.244 e. The van der Waals surface area contributed by atoms with E-state index in [2.05, 4.69) is 31.1 Å². The van der Waals surface area contributed by atoms with E-state index in [4.69, 9.17) is 0 Å². The fourth-order valence-electron chi connectivity index (χ4n) is 2.61. The van der Waals surface area contributed by atoms with Crippen LogP contribution >= 0.6 is 11.3 Å². The number of thiazole rings is 1.